The van der Waals surface area contributed by atoms with Crippen molar-refractivity contribution in [3.05, 3.63) is 60.8 Å². The molecule has 2 aliphatic rings. The lowest BCUT2D eigenvalue weighted by Gasteiger charge is -2.36. The molecule has 5 rings (SSSR count). The summed E-state index contributed by atoms with van der Waals surface area (Å²) in [7, 11) is 0. The smallest absolute Gasteiger partial charge is 0.248 e. The lowest BCUT2D eigenvalue weighted by Crippen LogP contribution is -2.49. The minimum atomic E-state index is -0.110. The normalized spacial score (nSPS) is 17.2. The van der Waals surface area contributed by atoms with Crippen molar-refractivity contribution in [2.45, 2.75) is 25.8 Å². The number of piperazine rings is 1. The Bertz CT molecular complexity index is 1250. The summed E-state index contributed by atoms with van der Waals surface area (Å²) in [6.07, 6.45) is 3.63. The Morgan fingerprint density at radius 3 is 2.44 bits per heavy atom. The average Bonchev–Trinajstić information content (AvgIpc) is 3.53. The van der Waals surface area contributed by atoms with Crippen molar-refractivity contribution in [3.63, 3.8) is 0 Å². The SMILES string of the molecule is CCOCC(=O)N1CCN(c2ccc(Nc3nccc(-c4ccc(NC(=O)[C@H]5CCCN5)cc4)n3)cc2)CC1. The largest absolute Gasteiger partial charge is 0.372 e. The molecule has 0 bridgehead atoms. The van der Waals surface area contributed by atoms with E-state index in [1.54, 1.807) is 6.20 Å². The number of rotatable bonds is 9. The molecule has 1 atom stereocenters. The summed E-state index contributed by atoms with van der Waals surface area (Å²) in [4.78, 5) is 37.7. The zero-order valence-electron chi connectivity index (χ0n) is 22.2. The topological polar surface area (TPSA) is 112 Å². The minimum Gasteiger partial charge on any atom is -0.372 e. The van der Waals surface area contributed by atoms with Crippen LogP contribution in [0, 0.1) is 0 Å². The van der Waals surface area contributed by atoms with Crippen molar-refractivity contribution < 1.29 is 14.3 Å². The molecule has 3 aromatic rings. The maximum Gasteiger partial charge on any atom is 0.248 e. The van der Waals surface area contributed by atoms with E-state index in [2.05, 4.69) is 43.0 Å². The Balaban J connectivity index is 1.15. The van der Waals surface area contributed by atoms with E-state index in [0.29, 0.717) is 25.6 Å². The van der Waals surface area contributed by atoms with Crippen LogP contribution in [-0.4, -0.2) is 78.7 Å². The number of benzene rings is 2. The number of amides is 2. The van der Waals surface area contributed by atoms with E-state index in [0.717, 1.165) is 60.8 Å². The molecule has 204 valence electrons. The van der Waals surface area contributed by atoms with E-state index in [4.69, 9.17) is 4.74 Å². The molecule has 0 aliphatic carbocycles. The third kappa shape index (κ3) is 6.90. The van der Waals surface area contributed by atoms with Gasteiger partial charge in [-0.1, -0.05) is 12.1 Å². The van der Waals surface area contributed by atoms with Gasteiger partial charge in [0.1, 0.15) is 6.61 Å². The summed E-state index contributed by atoms with van der Waals surface area (Å²) in [5, 5.41) is 9.48. The van der Waals surface area contributed by atoms with Gasteiger partial charge in [-0.2, -0.15) is 0 Å². The van der Waals surface area contributed by atoms with Gasteiger partial charge in [-0.25, -0.2) is 9.97 Å². The maximum absolute atomic E-state index is 12.3. The van der Waals surface area contributed by atoms with E-state index in [1.165, 1.54) is 0 Å². The zero-order valence-corrected chi connectivity index (χ0v) is 22.2. The first-order valence-electron chi connectivity index (χ1n) is 13.5. The van der Waals surface area contributed by atoms with E-state index < -0.39 is 0 Å². The Morgan fingerprint density at radius 1 is 1.00 bits per heavy atom. The average molecular weight is 530 g/mol. The van der Waals surface area contributed by atoms with E-state index in [1.807, 2.05) is 54.3 Å². The molecule has 0 unspecified atom stereocenters. The fourth-order valence-electron chi connectivity index (χ4n) is 4.82. The predicted molar refractivity (Wildman–Crippen MR) is 152 cm³/mol. The van der Waals surface area contributed by atoms with Gasteiger partial charge < -0.3 is 30.5 Å². The van der Waals surface area contributed by atoms with E-state index in [-0.39, 0.29) is 24.5 Å². The van der Waals surface area contributed by atoms with Crippen LogP contribution < -0.4 is 20.9 Å². The Hall–Kier alpha value is -4.02. The van der Waals surface area contributed by atoms with Crippen molar-refractivity contribution in [1.29, 1.82) is 0 Å². The van der Waals surface area contributed by atoms with Gasteiger partial charge in [0.2, 0.25) is 17.8 Å². The molecule has 10 nitrogen and oxygen atoms in total. The summed E-state index contributed by atoms with van der Waals surface area (Å²) < 4.78 is 5.25. The second-order valence-electron chi connectivity index (χ2n) is 9.66. The summed E-state index contributed by atoms with van der Waals surface area (Å²) in [5.74, 6) is 0.568. The van der Waals surface area contributed by atoms with Gasteiger partial charge in [0.15, 0.2) is 0 Å². The molecule has 3 heterocycles. The van der Waals surface area contributed by atoms with Gasteiger partial charge in [-0.3, -0.25) is 9.59 Å². The highest BCUT2D eigenvalue weighted by atomic mass is 16.5. The molecule has 2 amide bonds. The Kier molecular flexibility index (Phi) is 8.65. The van der Waals surface area contributed by atoms with Crippen LogP contribution in [0.5, 0.6) is 0 Å². The predicted octanol–water partition coefficient (Wildman–Crippen LogP) is 3.26. The molecular formula is C29H35N7O3. The number of hydrogen-bond donors (Lipinski definition) is 3. The Morgan fingerprint density at radius 2 is 1.74 bits per heavy atom. The molecule has 1 aromatic heterocycles. The van der Waals surface area contributed by atoms with Crippen molar-refractivity contribution in [1.82, 2.24) is 20.2 Å². The van der Waals surface area contributed by atoms with Crippen molar-refractivity contribution in [2.75, 3.05) is 61.5 Å². The number of anilines is 4. The molecule has 2 aliphatic heterocycles. The molecule has 0 radical (unpaired) electrons. The van der Waals surface area contributed by atoms with Crippen molar-refractivity contribution in [3.8, 4) is 11.3 Å². The first-order chi connectivity index (χ1) is 19.1. The van der Waals surface area contributed by atoms with Crippen LogP contribution >= 0.6 is 0 Å². The van der Waals surface area contributed by atoms with Crippen LogP contribution in [0.15, 0.2) is 60.8 Å². The minimum absolute atomic E-state index is 0.00895. The third-order valence-corrected chi connectivity index (χ3v) is 7.03. The van der Waals surface area contributed by atoms with Crippen LogP contribution in [0.25, 0.3) is 11.3 Å². The van der Waals surface area contributed by atoms with Gasteiger partial charge in [-0.05, 0) is 68.8 Å². The summed E-state index contributed by atoms with van der Waals surface area (Å²) >= 11 is 0. The number of nitrogens with one attached hydrogen (secondary N) is 3. The number of aromatic nitrogens is 2. The molecular weight excluding hydrogens is 494 g/mol. The van der Waals surface area contributed by atoms with Crippen LogP contribution in [0.2, 0.25) is 0 Å². The summed E-state index contributed by atoms with van der Waals surface area (Å²) in [5.41, 5.74) is 4.49. The monoisotopic (exact) mass is 529 g/mol. The highest BCUT2D eigenvalue weighted by Gasteiger charge is 2.22. The number of carbonyl (C=O) groups excluding carboxylic acids is 2. The molecule has 0 saturated carbocycles. The Labute approximate surface area is 228 Å². The van der Waals surface area contributed by atoms with Gasteiger partial charge >= 0.3 is 0 Å². The lowest BCUT2D eigenvalue weighted by molar-refractivity contribution is -0.136. The van der Waals surface area contributed by atoms with Crippen LogP contribution in [0.3, 0.4) is 0 Å². The van der Waals surface area contributed by atoms with Crippen molar-refractivity contribution >= 4 is 34.8 Å². The highest BCUT2D eigenvalue weighted by Crippen LogP contribution is 2.24. The van der Waals surface area contributed by atoms with Gasteiger partial charge in [-0.15, -0.1) is 0 Å². The second-order valence-corrected chi connectivity index (χ2v) is 9.66. The number of carbonyl (C=O) groups is 2. The molecule has 10 heteroatoms. The molecule has 39 heavy (non-hydrogen) atoms. The number of hydrogen-bond acceptors (Lipinski definition) is 8. The summed E-state index contributed by atoms with van der Waals surface area (Å²) in [6, 6.07) is 17.6. The van der Waals surface area contributed by atoms with Gasteiger partial charge in [0, 0.05) is 61.6 Å². The molecule has 2 aromatic carbocycles. The molecule has 2 fully saturated rings. The first kappa shape index (κ1) is 26.6. The quantitative estimate of drug-likeness (QED) is 0.387. The third-order valence-electron chi connectivity index (χ3n) is 7.03. The zero-order chi connectivity index (χ0) is 27.0. The number of ether oxygens (including phenoxy) is 1. The van der Waals surface area contributed by atoms with Crippen molar-refractivity contribution in [2.24, 2.45) is 0 Å². The standard InChI is InChI=1S/C29H35N7O3/c1-2-39-20-27(37)36-18-16-35(17-19-36)24-11-9-23(10-12-24)33-29-31-15-13-25(34-29)21-5-7-22(8-6-21)32-28(38)26-4-3-14-30-26/h5-13,15,26,30H,2-4,14,16-20H2,1H3,(H,32,38)(H,31,33,34)/t26-/m1/s1. The fraction of sp³-hybridized carbons (Fsp3) is 0.379. The van der Waals surface area contributed by atoms with Crippen LogP contribution in [0.4, 0.5) is 23.0 Å². The fourth-order valence-corrected chi connectivity index (χ4v) is 4.82. The van der Waals surface area contributed by atoms with E-state index >= 15 is 0 Å². The summed E-state index contributed by atoms with van der Waals surface area (Å²) in [6.45, 7) is 6.45. The molecule has 3 N–H and O–H groups in total. The number of nitrogens with zero attached hydrogens (tertiary/aromatic N) is 4. The lowest BCUT2D eigenvalue weighted by atomic mass is 10.1. The van der Waals surface area contributed by atoms with Crippen LogP contribution in [0.1, 0.15) is 19.8 Å². The molecule has 2 saturated heterocycles. The van der Waals surface area contributed by atoms with E-state index in [9.17, 15) is 9.59 Å². The first-order valence-corrected chi connectivity index (χ1v) is 13.5. The highest BCUT2D eigenvalue weighted by molar-refractivity contribution is 5.95. The maximum atomic E-state index is 12.3. The van der Waals surface area contributed by atoms with Gasteiger partial charge in [0.05, 0.1) is 11.7 Å². The van der Waals surface area contributed by atoms with Gasteiger partial charge in [0.25, 0.3) is 0 Å². The molecule has 0 spiro atoms. The second kappa shape index (κ2) is 12.7. The van der Waals surface area contributed by atoms with Crippen LogP contribution in [-0.2, 0) is 14.3 Å².